The van der Waals surface area contributed by atoms with Crippen LogP contribution in [0.3, 0.4) is 0 Å². The number of hydrogen-bond acceptors (Lipinski definition) is 13. The molecule has 0 unspecified atom stereocenters. The van der Waals surface area contributed by atoms with Crippen molar-refractivity contribution in [1.82, 2.24) is 49.1 Å². The number of imidazole rings is 1. The fourth-order valence-electron chi connectivity index (χ4n) is 8.62. The summed E-state index contributed by atoms with van der Waals surface area (Å²) in [5.41, 5.74) is 2.11. The van der Waals surface area contributed by atoms with E-state index < -0.39 is 56.8 Å². The van der Waals surface area contributed by atoms with Crippen LogP contribution in [0.5, 0.6) is 6.01 Å². The molecule has 17 nitrogen and oxygen atoms in total. The van der Waals surface area contributed by atoms with Crippen LogP contribution in [-0.4, -0.2) is 129 Å². The van der Waals surface area contributed by atoms with Crippen LogP contribution in [0.25, 0.3) is 39.0 Å². The van der Waals surface area contributed by atoms with Gasteiger partial charge in [-0.15, -0.1) is 0 Å². The number of rotatable bonds is 7. The zero-order valence-electron chi connectivity index (χ0n) is 34.0. The minimum absolute atomic E-state index is 0.0165. The molecule has 21 heteroatoms. The van der Waals surface area contributed by atoms with Crippen LogP contribution in [0.1, 0.15) is 32.0 Å². The van der Waals surface area contributed by atoms with E-state index in [9.17, 15) is 14.0 Å². The van der Waals surface area contributed by atoms with E-state index in [0.29, 0.717) is 50.4 Å². The van der Waals surface area contributed by atoms with Gasteiger partial charge in [0.05, 0.1) is 68.6 Å². The number of anilines is 2. The maximum atomic E-state index is 15.5. The van der Waals surface area contributed by atoms with Gasteiger partial charge in [0.15, 0.2) is 15.2 Å². The van der Waals surface area contributed by atoms with Gasteiger partial charge in [-0.2, -0.15) is 20.1 Å². The second-order valence-corrected chi connectivity index (χ2v) is 17.9. The fraction of sp³-hybridized carbons (Fsp3) is 0.390. The van der Waals surface area contributed by atoms with Gasteiger partial charge in [-0.1, -0.05) is 0 Å². The first kappa shape index (κ1) is 40.3. The number of amides is 2. The minimum Gasteiger partial charge on any atom is -0.458 e. The van der Waals surface area contributed by atoms with Crippen LogP contribution < -0.4 is 14.5 Å². The Bertz CT molecular complexity index is 2820. The molecule has 62 heavy (non-hydrogen) atoms. The monoisotopic (exact) mass is 964 g/mol. The first-order valence-corrected chi connectivity index (χ1v) is 22.1. The van der Waals surface area contributed by atoms with Crippen LogP contribution in [0.2, 0.25) is 0 Å². The third kappa shape index (κ3) is 7.08. The lowest BCUT2D eigenvalue weighted by Gasteiger charge is -2.31. The Balaban J connectivity index is 1.12. The van der Waals surface area contributed by atoms with E-state index in [2.05, 4.69) is 15.1 Å². The SMILES string of the molecule is CCO[C@H]1CN(C)C(=O)[C@@H]2C[C@@H](CN2c2nc(N3CC(=O)N(C4CC4)C3=IOC)nc3c2cnn3-c2ccc(F)cc2F)Oc2nccc(n2)-c2cc(F)cc3nc(C)n(c23)C1. The zero-order valence-corrected chi connectivity index (χ0v) is 36.2. The number of hydrogen-bond donors (Lipinski definition) is 0. The number of halogens is 4. The summed E-state index contributed by atoms with van der Waals surface area (Å²) in [5.74, 6) is -1.47. The average Bonchev–Trinajstić information content (AvgIpc) is 3.53. The van der Waals surface area contributed by atoms with Crippen molar-refractivity contribution < 1.29 is 35.3 Å². The van der Waals surface area contributed by atoms with Crippen molar-refractivity contribution in [2.45, 2.75) is 63.9 Å². The predicted octanol–water partition coefficient (Wildman–Crippen LogP) is 4.68. The Labute approximate surface area is 362 Å². The molecule has 3 atom stereocenters. The summed E-state index contributed by atoms with van der Waals surface area (Å²) in [5, 5.41) is 4.88. The molecule has 0 spiro atoms. The van der Waals surface area contributed by atoms with E-state index in [-0.39, 0.29) is 73.0 Å². The molecule has 4 aromatic heterocycles. The smallest absolute Gasteiger partial charge is 0.317 e. The predicted molar refractivity (Wildman–Crippen MR) is 228 cm³/mol. The summed E-state index contributed by atoms with van der Waals surface area (Å²) >= 11 is -1.13. The normalized spacial score (nSPS) is 21.5. The third-order valence-electron chi connectivity index (χ3n) is 11.5. The number of likely N-dealkylation sites (N-methyl/N-ethyl adjacent to an activating group) is 1. The second kappa shape index (κ2) is 15.8. The van der Waals surface area contributed by atoms with Gasteiger partial charge < -0.3 is 26.9 Å². The Morgan fingerprint density at radius 2 is 1.82 bits per heavy atom. The van der Waals surface area contributed by atoms with Crippen LogP contribution >= 0.6 is 21.1 Å². The summed E-state index contributed by atoms with van der Waals surface area (Å²) in [6.45, 7) is 4.61. The van der Waals surface area contributed by atoms with Gasteiger partial charge in [-0.25, -0.2) is 27.8 Å². The van der Waals surface area contributed by atoms with Crippen LogP contribution in [0.15, 0.2) is 48.8 Å². The van der Waals surface area contributed by atoms with Crippen LogP contribution in [0.4, 0.5) is 24.9 Å². The molecule has 2 amide bonds. The number of carbonyl (C=O) groups excluding carboxylic acids is 2. The van der Waals surface area contributed by atoms with E-state index in [1.54, 1.807) is 34.9 Å². The molecule has 7 heterocycles. The molecule has 322 valence electrons. The lowest BCUT2D eigenvalue weighted by molar-refractivity contribution is -0.133. The molecule has 0 N–H and O–H groups in total. The number of benzene rings is 2. The molecule has 1 saturated carbocycles. The standard InChI is InChI=1S/C41H40F3IN12O5/c1-5-61-26-17-52(3)38(59)33-15-25(62-41-46-11-10-30(49-41)27-12-23(43)14-31-35(27)53(19-26)21(2)48-31)18-54(33)36-28-16-47-57(32-9-6-22(42)13-29(32)44)37(28)51-40(50-36)55-20-34(58)56(24-7-8-24)39(55)45-60-4/h6,9-14,16,24-26,33H,5,7-8,15,17-20H2,1-4H3/t25-,26-,33-/m0/s1. The van der Waals surface area contributed by atoms with E-state index in [1.165, 1.54) is 35.3 Å². The molecule has 1 aliphatic carbocycles. The molecule has 0 radical (unpaired) electrons. The highest BCUT2D eigenvalue weighted by Gasteiger charge is 2.46. The van der Waals surface area contributed by atoms with Gasteiger partial charge in [-0.05, 0) is 51.0 Å². The van der Waals surface area contributed by atoms with E-state index >= 15 is 8.78 Å². The van der Waals surface area contributed by atoms with Crippen molar-refractivity contribution in [1.29, 1.82) is 0 Å². The van der Waals surface area contributed by atoms with Gasteiger partial charge in [0.1, 0.15) is 47.7 Å². The number of nitrogens with zero attached hydrogens (tertiary/aromatic N) is 12. The van der Waals surface area contributed by atoms with Crippen molar-refractivity contribution in [3.63, 3.8) is 0 Å². The quantitative estimate of drug-likeness (QED) is 0.203. The van der Waals surface area contributed by atoms with Crippen molar-refractivity contribution >= 4 is 70.5 Å². The van der Waals surface area contributed by atoms with Gasteiger partial charge in [0.25, 0.3) is 0 Å². The Hall–Kier alpha value is -5.81. The van der Waals surface area contributed by atoms with Gasteiger partial charge in [-0.3, -0.25) is 19.4 Å². The number of fused-ring (bicyclic) bond motifs is 6. The zero-order chi connectivity index (χ0) is 43.0. The van der Waals surface area contributed by atoms with E-state index in [0.717, 1.165) is 25.0 Å². The van der Waals surface area contributed by atoms with E-state index in [1.807, 2.05) is 23.3 Å². The van der Waals surface area contributed by atoms with Crippen molar-refractivity contribution in [2.24, 2.45) is 0 Å². The van der Waals surface area contributed by atoms with E-state index in [4.69, 9.17) is 27.5 Å². The third-order valence-corrected chi connectivity index (χ3v) is 13.4. The highest BCUT2D eigenvalue weighted by atomic mass is 127. The van der Waals surface area contributed by atoms with Gasteiger partial charge >= 0.3 is 6.01 Å². The number of ether oxygens (including phenoxy) is 2. The molecule has 4 bridgehead atoms. The van der Waals surface area contributed by atoms with Gasteiger partial charge in [0.2, 0.25) is 17.8 Å². The number of carbonyl (C=O) groups is 2. The molecule has 2 aromatic carbocycles. The summed E-state index contributed by atoms with van der Waals surface area (Å²) in [4.78, 5) is 59.2. The lowest BCUT2D eigenvalue weighted by Crippen LogP contribution is -2.47. The first-order valence-electron chi connectivity index (χ1n) is 20.1. The summed E-state index contributed by atoms with van der Waals surface area (Å²) in [7, 11) is 3.29. The molecule has 2 saturated heterocycles. The number of aromatic nitrogens is 8. The topological polar surface area (TPSA) is 162 Å². The Kier molecular flexibility index (Phi) is 10.3. The number of aryl methyl sites for hydroxylation is 1. The molecule has 6 aromatic rings. The largest absolute Gasteiger partial charge is 0.458 e. The molecular weight excluding hydrogens is 924 g/mol. The highest BCUT2D eigenvalue weighted by molar-refractivity contribution is 14.2. The molecule has 3 fully saturated rings. The Morgan fingerprint density at radius 3 is 2.60 bits per heavy atom. The maximum absolute atomic E-state index is 15.5. The maximum Gasteiger partial charge on any atom is 0.317 e. The Morgan fingerprint density at radius 1 is 0.984 bits per heavy atom. The molecule has 3 aliphatic heterocycles. The molecule has 4 aliphatic rings. The van der Waals surface area contributed by atoms with Gasteiger partial charge in [0, 0.05) is 63.7 Å². The van der Waals surface area contributed by atoms with Crippen molar-refractivity contribution in [2.75, 3.05) is 50.2 Å². The second-order valence-electron chi connectivity index (χ2n) is 15.6. The van der Waals surface area contributed by atoms with Crippen LogP contribution in [-0.2, 0) is 23.9 Å². The average molecular weight is 965 g/mol. The summed E-state index contributed by atoms with van der Waals surface area (Å²) in [6.07, 6.45) is 3.73. The highest BCUT2D eigenvalue weighted by Crippen LogP contribution is 2.39. The first-order chi connectivity index (χ1) is 30.0. The minimum atomic E-state index is -1.13. The van der Waals surface area contributed by atoms with Crippen molar-refractivity contribution in [3.05, 3.63) is 72.1 Å². The molecule has 10 rings (SSSR count). The van der Waals surface area contributed by atoms with Crippen molar-refractivity contribution in [3.8, 4) is 23.0 Å². The molecular formula is C41H40F3IN12O5. The lowest BCUT2D eigenvalue weighted by atomic mass is 10.1. The fourth-order valence-corrected chi connectivity index (χ4v) is 10.5. The van der Waals surface area contributed by atoms with Crippen LogP contribution in [0, 0.1) is 24.4 Å². The summed E-state index contributed by atoms with van der Waals surface area (Å²) in [6, 6.07) is 6.82. The summed E-state index contributed by atoms with van der Waals surface area (Å²) < 4.78 is 67.1.